The summed E-state index contributed by atoms with van der Waals surface area (Å²) < 4.78 is 1.70. The molecule has 9 nitrogen and oxygen atoms in total. The molecule has 3 aromatic rings. The molecule has 0 spiro atoms. The van der Waals surface area contributed by atoms with Gasteiger partial charge < -0.3 is 20.6 Å². The van der Waals surface area contributed by atoms with Gasteiger partial charge in [-0.2, -0.15) is 5.10 Å². The highest BCUT2D eigenvalue weighted by Crippen LogP contribution is 2.24. The van der Waals surface area contributed by atoms with Gasteiger partial charge in [-0.25, -0.2) is 9.78 Å². The number of aliphatic carboxylic acids is 1. The van der Waals surface area contributed by atoms with Crippen molar-refractivity contribution in [3.05, 3.63) is 53.3 Å². The Labute approximate surface area is 210 Å². The number of hydrogen-bond donors (Lipinski definition) is 3. The molecule has 190 valence electrons. The molecule has 0 radical (unpaired) electrons. The van der Waals surface area contributed by atoms with Gasteiger partial charge in [0.1, 0.15) is 11.9 Å². The highest BCUT2D eigenvalue weighted by molar-refractivity contribution is 6.07. The van der Waals surface area contributed by atoms with E-state index in [0.29, 0.717) is 29.8 Å². The fourth-order valence-corrected chi connectivity index (χ4v) is 5.39. The molecule has 9 heteroatoms. The number of aryl methyl sites for hydroxylation is 3. The number of aromatic nitrogens is 3. The number of fused-ring (bicyclic) bond motifs is 2. The molecule has 1 amide bonds. The quantitative estimate of drug-likeness (QED) is 0.423. The van der Waals surface area contributed by atoms with Gasteiger partial charge in [0.25, 0.3) is 5.91 Å². The predicted octanol–water partition coefficient (Wildman–Crippen LogP) is 2.85. The summed E-state index contributed by atoms with van der Waals surface area (Å²) >= 11 is 0. The maximum atomic E-state index is 12.9. The van der Waals surface area contributed by atoms with E-state index in [9.17, 15) is 14.7 Å². The van der Waals surface area contributed by atoms with Crippen LogP contribution in [-0.2, 0) is 24.7 Å². The second-order valence-corrected chi connectivity index (χ2v) is 9.99. The van der Waals surface area contributed by atoms with Crippen LogP contribution in [0.25, 0.3) is 10.9 Å². The fourth-order valence-electron chi connectivity index (χ4n) is 5.39. The summed E-state index contributed by atoms with van der Waals surface area (Å²) in [5.41, 5.74) is 3.73. The lowest BCUT2D eigenvalue weighted by Gasteiger charge is -2.20. The Hall–Kier alpha value is -3.46. The molecule has 0 aliphatic carbocycles. The van der Waals surface area contributed by atoms with E-state index in [1.165, 1.54) is 12.0 Å². The Morgan fingerprint density at radius 3 is 3.03 bits per heavy atom. The molecule has 2 aliphatic rings. The van der Waals surface area contributed by atoms with E-state index >= 15 is 0 Å². The third-order valence-electron chi connectivity index (χ3n) is 7.50. The zero-order chi connectivity index (χ0) is 25.1. The minimum Gasteiger partial charge on any atom is -0.480 e. The fraction of sp³-hybridized carbons (Fsp3) is 0.481. The number of carboxylic acid groups (broad SMARTS) is 1. The summed E-state index contributed by atoms with van der Waals surface area (Å²) in [4.78, 5) is 31.9. The molecule has 3 N–H and O–H groups in total. The molecule has 36 heavy (non-hydrogen) atoms. The molecule has 0 unspecified atom stereocenters. The maximum absolute atomic E-state index is 12.9. The molecule has 1 saturated heterocycles. The minimum absolute atomic E-state index is 0.370. The van der Waals surface area contributed by atoms with Crippen LogP contribution in [0.3, 0.4) is 0 Å². The van der Waals surface area contributed by atoms with Crippen molar-refractivity contribution in [1.82, 2.24) is 25.0 Å². The van der Waals surface area contributed by atoms with Crippen LogP contribution >= 0.6 is 0 Å². The molecule has 0 saturated carbocycles. The zero-order valence-electron chi connectivity index (χ0n) is 20.7. The zero-order valence-corrected chi connectivity index (χ0v) is 20.7. The summed E-state index contributed by atoms with van der Waals surface area (Å²) in [7, 11) is 1.81. The summed E-state index contributed by atoms with van der Waals surface area (Å²) in [6, 6.07) is 8.81. The van der Waals surface area contributed by atoms with E-state index in [1.807, 2.05) is 13.1 Å². The summed E-state index contributed by atoms with van der Waals surface area (Å²) in [5, 5.41) is 20.8. The number of anilines is 1. The molecule has 2 atom stereocenters. The van der Waals surface area contributed by atoms with Crippen LogP contribution in [0.2, 0.25) is 0 Å². The van der Waals surface area contributed by atoms with Crippen LogP contribution in [0.4, 0.5) is 5.82 Å². The van der Waals surface area contributed by atoms with Gasteiger partial charge in [0.15, 0.2) is 0 Å². The average Bonchev–Trinajstić information content (AvgIpc) is 3.51. The van der Waals surface area contributed by atoms with E-state index < -0.39 is 12.0 Å². The van der Waals surface area contributed by atoms with Gasteiger partial charge in [-0.15, -0.1) is 0 Å². The van der Waals surface area contributed by atoms with Crippen molar-refractivity contribution in [1.29, 1.82) is 0 Å². The Bertz CT molecular complexity index is 1260. The Morgan fingerprint density at radius 1 is 1.28 bits per heavy atom. The third-order valence-corrected chi connectivity index (χ3v) is 7.50. The van der Waals surface area contributed by atoms with Gasteiger partial charge >= 0.3 is 5.97 Å². The van der Waals surface area contributed by atoms with Crippen molar-refractivity contribution in [2.75, 3.05) is 31.5 Å². The van der Waals surface area contributed by atoms with Crippen molar-refractivity contribution >= 4 is 28.6 Å². The third kappa shape index (κ3) is 5.36. The number of nitrogens with zero attached hydrogens (tertiary/aromatic N) is 4. The topological polar surface area (TPSA) is 112 Å². The van der Waals surface area contributed by atoms with Crippen molar-refractivity contribution in [2.24, 2.45) is 13.0 Å². The van der Waals surface area contributed by atoms with Gasteiger partial charge in [-0.1, -0.05) is 12.1 Å². The number of carbonyl (C=O) groups excluding carboxylic acids is 1. The SMILES string of the molecule is Cn1ncc2c(C(=O)N[C@H](CCN3CC[C@H](CCc4ccc5c(n4)NCCC5)C3)C(=O)O)cccc21. The van der Waals surface area contributed by atoms with Gasteiger partial charge in [0, 0.05) is 37.8 Å². The van der Waals surface area contributed by atoms with Crippen molar-refractivity contribution in [3.8, 4) is 0 Å². The van der Waals surface area contributed by atoms with Gasteiger partial charge in [-0.3, -0.25) is 9.48 Å². The van der Waals surface area contributed by atoms with Crippen molar-refractivity contribution < 1.29 is 14.7 Å². The predicted molar refractivity (Wildman–Crippen MR) is 138 cm³/mol. The number of benzene rings is 1. The molecule has 5 rings (SSSR count). The number of amides is 1. The lowest BCUT2D eigenvalue weighted by atomic mass is 10.00. The highest BCUT2D eigenvalue weighted by Gasteiger charge is 2.26. The Morgan fingerprint density at radius 2 is 2.17 bits per heavy atom. The number of carbonyl (C=O) groups is 2. The molecule has 1 aromatic carbocycles. The molecular formula is C27H34N6O3. The second kappa shape index (κ2) is 10.7. The summed E-state index contributed by atoms with van der Waals surface area (Å²) in [5.74, 6) is 0.238. The van der Waals surface area contributed by atoms with Crippen LogP contribution in [0, 0.1) is 5.92 Å². The minimum atomic E-state index is -1.01. The lowest BCUT2D eigenvalue weighted by Crippen LogP contribution is -2.43. The Kier molecular flexibility index (Phi) is 7.18. The van der Waals surface area contributed by atoms with E-state index in [2.05, 4.69) is 32.8 Å². The van der Waals surface area contributed by atoms with Crippen molar-refractivity contribution in [3.63, 3.8) is 0 Å². The van der Waals surface area contributed by atoms with E-state index in [4.69, 9.17) is 4.98 Å². The van der Waals surface area contributed by atoms with Gasteiger partial charge in [0.2, 0.25) is 0 Å². The number of hydrogen-bond acceptors (Lipinski definition) is 6. The first-order valence-electron chi connectivity index (χ1n) is 12.9. The van der Waals surface area contributed by atoms with Gasteiger partial charge in [-0.05, 0) is 74.8 Å². The summed E-state index contributed by atoms with van der Waals surface area (Å²) in [6.07, 6.45) is 7.42. The maximum Gasteiger partial charge on any atom is 0.326 e. The van der Waals surface area contributed by atoms with Crippen LogP contribution < -0.4 is 10.6 Å². The molecular weight excluding hydrogens is 456 g/mol. The summed E-state index contributed by atoms with van der Waals surface area (Å²) in [6.45, 7) is 3.56. The number of nitrogens with one attached hydrogen (secondary N) is 2. The normalized spacial score (nSPS) is 18.5. The van der Waals surface area contributed by atoms with Crippen LogP contribution in [0.15, 0.2) is 36.5 Å². The monoisotopic (exact) mass is 490 g/mol. The Balaban J connectivity index is 1.11. The van der Waals surface area contributed by atoms with Crippen LogP contribution in [-0.4, -0.2) is 68.9 Å². The van der Waals surface area contributed by atoms with Crippen molar-refractivity contribution in [2.45, 2.75) is 44.6 Å². The molecule has 1 fully saturated rings. The van der Waals surface area contributed by atoms with Crippen LogP contribution in [0.5, 0.6) is 0 Å². The van der Waals surface area contributed by atoms with E-state index in [0.717, 1.165) is 62.3 Å². The largest absolute Gasteiger partial charge is 0.480 e. The molecule has 2 aliphatic heterocycles. The number of carboxylic acids is 1. The van der Waals surface area contributed by atoms with E-state index in [1.54, 1.807) is 23.0 Å². The molecule has 0 bridgehead atoms. The number of rotatable bonds is 9. The van der Waals surface area contributed by atoms with Gasteiger partial charge in [0.05, 0.1) is 17.3 Å². The first-order chi connectivity index (χ1) is 17.5. The first-order valence-corrected chi connectivity index (χ1v) is 12.9. The molecule has 4 heterocycles. The number of pyridine rings is 1. The lowest BCUT2D eigenvalue weighted by molar-refractivity contribution is -0.139. The van der Waals surface area contributed by atoms with Crippen LogP contribution in [0.1, 0.15) is 47.3 Å². The standard InChI is InChI=1S/C27H34N6O3/c1-32-24-6-2-5-21(22(24)16-29-32)26(34)31-23(27(35)36)12-15-33-14-11-18(17-33)7-9-20-10-8-19-4-3-13-28-25(19)30-20/h2,5-6,8,10,16,18,23H,3-4,7,9,11-15,17H2,1H3,(H,28,30)(H,31,34)(H,35,36)/t18-,23+/m0/s1. The smallest absolute Gasteiger partial charge is 0.326 e. The highest BCUT2D eigenvalue weighted by atomic mass is 16.4. The number of likely N-dealkylation sites (tertiary alicyclic amines) is 1. The van der Waals surface area contributed by atoms with E-state index in [-0.39, 0.29) is 5.91 Å². The average molecular weight is 491 g/mol. The second-order valence-electron chi connectivity index (χ2n) is 9.99. The molecule has 2 aromatic heterocycles. The first kappa shape index (κ1) is 24.2.